The molecule has 0 unspecified atom stereocenters. The maximum atomic E-state index is 13.2. The van der Waals surface area contributed by atoms with Gasteiger partial charge in [0.25, 0.3) is 5.56 Å². The standard InChI is InChI=1S/C22H25FN2O4S/c1-2-29-21(27)14-20-25(15-19(26)24-11-5-3-4-6-12-24)22(28)18(30-20)13-16-7-9-17(23)10-8-16/h7-10,13-14H,2-6,11-12,15H2,1H3/b18-13+,20-14-. The van der Waals surface area contributed by atoms with Crippen LogP contribution in [-0.4, -0.2) is 41.0 Å². The van der Waals surface area contributed by atoms with Gasteiger partial charge in [-0.15, -0.1) is 11.3 Å². The SMILES string of the molecule is CCOC(=O)/C=c1\s/c(=C/c2ccc(F)cc2)c(=O)n1CC(=O)N1CCCCCC1. The highest BCUT2D eigenvalue weighted by Gasteiger charge is 2.18. The van der Waals surface area contributed by atoms with Crippen molar-refractivity contribution in [3.63, 3.8) is 0 Å². The molecule has 1 aromatic heterocycles. The van der Waals surface area contributed by atoms with Gasteiger partial charge >= 0.3 is 5.97 Å². The molecule has 1 saturated heterocycles. The minimum atomic E-state index is -0.567. The molecular weight excluding hydrogens is 407 g/mol. The van der Waals surface area contributed by atoms with E-state index >= 15 is 0 Å². The Labute approximate surface area is 177 Å². The number of likely N-dealkylation sites (tertiary alicyclic amines) is 1. The smallest absolute Gasteiger partial charge is 0.333 e. The number of nitrogens with zero attached hydrogens (tertiary/aromatic N) is 2. The normalized spacial score (nSPS) is 15.9. The fourth-order valence-corrected chi connectivity index (χ4v) is 4.37. The Morgan fingerprint density at radius 3 is 2.43 bits per heavy atom. The van der Waals surface area contributed by atoms with Gasteiger partial charge in [-0.3, -0.25) is 14.2 Å². The van der Waals surface area contributed by atoms with Gasteiger partial charge in [0, 0.05) is 13.1 Å². The molecule has 3 rings (SSSR count). The first-order chi connectivity index (χ1) is 14.5. The topological polar surface area (TPSA) is 68.6 Å². The highest BCUT2D eigenvalue weighted by Crippen LogP contribution is 2.10. The van der Waals surface area contributed by atoms with Crippen LogP contribution in [0.5, 0.6) is 0 Å². The molecule has 1 aliphatic rings. The minimum absolute atomic E-state index is 0.127. The third-order valence-corrected chi connectivity index (χ3v) is 5.94. The fraction of sp³-hybridized carbons (Fsp3) is 0.409. The molecule has 0 bridgehead atoms. The largest absolute Gasteiger partial charge is 0.463 e. The molecule has 1 amide bonds. The summed E-state index contributed by atoms with van der Waals surface area (Å²) < 4.78 is 20.2. The molecule has 0 aliphatic carbocycles. The van der Waals surface area contributed by atoms with Gasteiger partial charge in [0.05, 0.1) is 17.2 Å². The van der Waals surface area contributed by atoms with E-state index in [1.54, 1.807) is 30.0 Å². The lowest BCUT2D eigenvalue weighted by Crippen LogP contribution is -2.41. The van der Waals surface area contributed by atoms with Crippen molar-refractivity contribution in [2.45, 2.75) is 39.2 Å². The summed E-state index contributed by atoms with van der Waals surface area (Å²) in [4.78, 5) is 39.6. The minimum Gasteiger partial charge on any atom is -0.463 e. The van der Waals surface area contributed by atoms with Crippen LogP contribution in [0.2, 0.25) is 0 Å². The second-order valence-electron chi connectivity index (χ2n) is 7.08. The zero-order chi connectivity index (χ0) is 21.5. The molecule has 2 heterocycles. The summed E-state index contributed by atoms with van der Waals surface area (Å²) in [5.74, 6) is -1.07. The summed E-state index contributed by atoms with van der Waals surface area (Å²) in [6.45, 7) is 3.15. The van der Waals surface area contributed by atoms with Gasteiger partial charge in [-0.2, -0.15) is 0 Å². The number of carbonyl (C=O) groups is 2. The lowest BCUT2D eigenvalue weighted by atomic mass is 10.2. The predicted molar refractivity (Wildman–Crippen MR) is 114 cm³/mol. The van der Waals surface area contributed by atoms with Gasteiger partial charge in [-0.05, 0) is 43.5 Å². The maximum absolute atomic E-state index is 13.2. The number of benzene rings is 1. The molecule has 0 atom stereocenters. The fourth-order valence-electron chi connectivity index (χ4n) is 3.34. The summed E-state index contributed by atoms with van der Waals surface area (Å²) in [7, 11) is 0. The van der Waals surface area contributed by atoms with Crippen LogP contribution in [0, 0.1) is 5.82 Å². The van der Waals surface area contributed by atoms with Crippen molar-refractivity contribution < 1.29 is 18.7 Å². The third-order valence-electron chi connectivity index (χ3n) is 4.88. The summed E-state index contributed by atoms with van der Waals surface area (Å²) in [6.07, 6.45) is 6.97. The molecule has 1 aromatic carbocycles. The Morgan fingerprint density at radius 2 is 1.80 bits per heavy atom. The maximum Gasteiger partial charge on any atom is 0.333 e. The monoisotopic (exact) mass is 432 g/mol. The van der Waals surface area contributed by atoms with E-state index in [0.717, 1.165) is 37.0 Å². The van der Waals surface area contributed by atoms with Crippen LogP contribution in [0.25, 0.3) is 12.2 Å². The van der Waals surface area contributed by atoms with Crippen LogP contribution in [0.1, 0.15) is 38.2 Å². The van der Waals surface area contributed by atoms with Crippen molar-refractivity contribution in [3.05, 3.63) is 55.2 Å². The van der Waals surface area contributed by atoms with Crippen molar-refractivity contribution in [3.8, 4) is 0 Å². The van der Waals surface area contributed by atoms with Crippen molar-refractivity contribution in [2.24, 2.45) is 0 Å². The number of ether oxygens (including phenoxy) is 1. The molecule has 1 fully saturated rings. The molecule has 8 heteroatoms. The predicted octanol–water partition coefficient (Wildman–Crippen LogP) is 1.62. The molecule has 160 valence electrons. The molecule has 6 nitrogen and oxygen atoms in total. The Balaban J connectivity index is 2.00. The van der Waals surface area contributed by atoms with E-state index in [1.807, 2.05) is 0 Å². The number of hydrogen-bond donors (Lipinski definition) is 0. The van der Waals surface area contributed by atoms with E-state index in [9.17, 15) is 18.8 Å². The lowest BCUT2D eigenvalue weighted by molar-refractivity contribution is -0.135. The van der Waals surface area contributed by atoms with Crippen molar-refractivity contribution >= 4 is 35.4 Å². The number of thiazole rings is 1. The van der Waals surface area contributed by atoms with Crippen LogP contribution < -0.4 is 14.8 Å². The second kappa shape index (κ2) is 10.3. The van der Waals surface area contributed by atoms with Gasteiger partial charge < -0.3 is 9.64 Å². The molecule has 0 spiro atoms. The third kappa shape index (κ3) is 5.66. The second-order valence-corrected chi connectivity index (χ2v) is 8.15. The molecule has 0 saturated carbocycles. The first kappa shape index (κ1) is 22.0. The number of rotatable bonds is 5. The van der Waals surface area contributed by atoms with E-state index in [4.69, 9.17) is 4.74 Å². The number of carbonyl (C=O) groups excluding carboxylic acids is 2. The molecule has 30 heavy (non-hydrogen) atoms. The van der Waals surface area contributed by atoms with Gasteiger partial charge in [0.2, 0.25) is 5.91 Å². The Morgan fingerprint density at radius 1 is 1.13 bits per heavy atom. The molecule has 1 aliphatic heterocycles. The Kier molecular flexibility index (Phi) is 7.57. The van der Waals surface area contributed by atoms with E-state index in [0.29, 0.717) is 27.8 Å². The summed E-state index contributed by atoms with van der Waals surface area (Å²) in [6, 6.07) is 5.75. The van der Waals surface area contributed by atoms with Gasteiger partial charge in [-0.25, -0.2) is 9.18 Å². The summed E-state index contributed by atoms with van der Waals surface area (Å²) in [5.41, 5.74) is 0.298. The molecule has 0 radical (unpaired) electrons. The number of amides is 1. The zero-order valence-electron chi connectivity index (χ0n) is 16.9. The number of hydrogen-bond acceptors (Lipinski definition) is 5. The summed E-state index contributed by atoms with van der Waals surface area (Å²) in [5, 5.41) is 0. The van der Waals surface area contributed by atoms with E-state index < -0.39 is 5.97 Å². The molecule has 0 N–H and O–H groups in total. The van der Waals surface area contributed by atoms with Gasteiger partial charge in [0.1, 0.15) is 17.0 Å². The molecule has 2 aromatic rings. The number of aromatic nitrogens is 1. The number of esters is 1. The van der Waals surface area contributed by atoms with Gasteiger partial charge in [0.15, 0.2) is 0 Å². The highest BCUT2D eigenvalue weighted by molar-refractivity contribution is 7.07. The van der Waals surface area contributed by atoms with Crippen LogP contribution >= 0.6 is 11.3 Å². The zero-order valence-corrected chi connectivity index (χ0v) is 17.8. The quantitative estimate of drug-likeness (QED) is 0.674. The Bertz CT molecular complexity index is 1060. The van der Waals surface area contributed by atoms with Gasteiger partial charge in [-0.1, -0.05) is 25.0 Å². The van der Waals surface area contributed by atoms with Crippen molar-refractivity contribution in [2.75, 3.05) is 19.7 Å². The van der Waals surface area contributed by atoms with Crippen LogP contribution in [-0.2, 0) is 20.9 Å². The molecular formula is C22H25FN2O4S. The van der Waals surface area contributed by atoms with E-state index in [-0.39, 0.29) is 30.4 Å². The lowest BCUT2D eigenvalue weighted by Gasteiger charge is -2.20. The van der Waals surface area contributed by atoms with Crippen LogP contribution in [0.3, 0.4) is 0 Å². The number of halogens is 1. The summed E-state index contributed by atoms with van der Waals surface area (Å²) >= 11 is 1.11. The average molecular weight is 433 g/mol. The Hall–Kier alpha value is -2.74. The first-order valence-electron chi connectivity index (χ1n) is 10.1. The van der Waals surface area contributed by atoms with Crippen LogP contribution in [0.15, 0.2) is 29.1 Å². The van der Waals surface area contributed by atoms with E-state index in [2.05, 4.69) is 0 Å². The first-order valence-corrected chi connectivity index (χ1v) is 10.9. The average Bonchev–Trinajstić information content (AvgIpc) is 2.92. The van der Waals surface area contributed by atoms with E-state index in [1.165, 1.54) is 22.8 Å². The highest BCUT2D eigenvalue weighted by atomic mass is 32.1. The van der Waals surface area contributed by atoms with Crippen molar-refractivity contribution in [1.29, 1.82) is 0 Å². The van der Waals surface area contributed by atoms with Crippen LogP contribution in [0.4, 0.5) is 4.39 Å². The van der Waals surface area contributed by atoms with Crippen molar-refractivity contribution in [1.82, 2.24) is 9.47 Å².